The summed E-state index contributed by atoms with van der Waals surface area (Å²) in [4.78, 5) is 43.7. The van der Waals surface area contributed by atoms with Crippen molar-refractivity contribution in [3.63, 3.8) is 0 Å². The second-order valence-electron chi connectivity index (χ2n) is 7.09. The molecule has 0 atom stereocenters. The van der Waals surface area contributed by atoms with Gasteiger partial charge in [-0.05, 0) is 35.7 Å². The lowest BCUT2D eigenvalue weighted by molar-refractivity contribution is -0.304. The fourth-order valence-corrected chi connectivity index (χ4v) is 3.30. The van der Waals surface area contributed by atoms with E-state index in [0.717, 1.165) is 12.1 Å². The number of hydrogen-bond donors (Lipinski definition) is 1. The second kappa shape index (κ2) is 14.5. The van der Waals surface area contributed by atoms with Crippen LogP contribution in [0.5, 0.6) is 0 Å². The van der Waals surface area contributed by atoms with Crippen molar-refractivity contribution >= 4 is 22.1 Å². The average molecular weight is 513 g/mol. The van der Waals surface area contributed by atoms with Crippen LogP contribution in [0.25, 0.3) is 0 Å². The number of carbonyl (C=O) groups is 2. The highest BCUT2D eigenvalue weighted by atomic mass is 32.2. The van der Waals surface area contributed by atoms with E-state index < -0.39 is 27.0 Å². The average Bonchev–Trinajstić information content (AvgIpc) is 2.84. The number of esters is 2. The van der Waals surface area contributed by atoms with E-state index in [2.05, 4.69) is 4.89 Å². The van der Waals surface area contributed by atoms with Gasteiger partial charge in [0.25, 0.3) is 10.1 Å². The quantitative estimate of drug-likeness (QED) is 0.123. The third-order valence-corrected chi connectivity index (χ3v) is 5.36. The summed E-state index contributed by atoms with van der Waals surface area (Å²) >= 11 is 0. The SMILES string of the molecule is CCCOC(=O)c1cc(S(=O)(=O)O)ccc1COOCCCOC(=O)c1ccccc1COOC. The molecule has 0 saturated carbocycles. The normalized spacial score (nSPS) is 11.3. The number of hydrogen-bond acceptors (Lipinski definition) is 10. The first-order chi connectivity index (χ1) is 16.8. The molecular formula is C23H28O11S. The van der Waals surface area contributed by atoms with Gasteiger partial charge < -0.3 is 9.47 Å². The van der Waals surface area contributed by atoms with Crippen molar-refractivity contribution in [2.24, 2.45) is 0 Å². The molecule has 0 aliphatic heterocycles. The predicted octanol–water partition coefficient (Wildman–Crippen LogP) is 3.27. The molecule has 0 aliphatic rings. The molecule has 11 nitrogen and oxygen atoms in total. The summed E-state index contributed by atoms with van der Waals surface area (Å²) in [6, 6.07) is 10.3. The summed E-state index contributed by atoms with van der Waals surface area (Å²) in [5, 5.41) is 0. The molecule has 0 radical (unpaired) electrons. The number of carbonyl (C=O) groups excluding carboxylic acids is 2. The predicted molar refractivity (Wildman–Crippen MR) is 121 cm³/mol. The van der Waals surface area contributed by atoms with Crippen LogP contribution in [0.4, 0.5) is 0 Å². The Morgan fingerprint density at radius 3 is 2.20 bits per heavy atom. The van der Waals surface area contributed by atoms with Crippen LogP contribution < -0.4 is 0 Å². The molecule has 0 unspecified atom stereocenters. The maximum Gasteiger partial charge on any atom is 0.338 e. The molecule has 192 valence electrons. The van der Waals surface area contributed by atoms with Crippen LogP contribution >= 0.6 is 0 Å². The fourth-order valence-electron chi connectivity index (χ4n) is 2.80. The molecule has 0 saturated heterocycles. The van der Waals surface area contributed by atoms with Gasteiger partial charge >= 0.3 is 11.9 Å². The van der Waals surface area contributed by atoms with Crippen molar-refractivity contribution in [3.05, 3.63) is 64.7 Å². The molecule has 35 heavy (non-hydrogen) atoms. The summed E-state index contributed by atoms with van der Waals surface area (Å²) in [5.41, 5.74) is 1.21. The molecule has 2 aromatic rings. The van der Waals surface area contributed by atoms with E-state index in [4.69, 9.17) is 24.1 Å². The van der Waals surface area contributed by atoms with Crippen molar-refractivity contribution < 1.29 is 51.6 Å². The number of rotatable bonds is 15. The van der Waals surface area contributed by atoms with E-state index in [9.17, 15) is 22.6 Å². The van der Waals surface area contributed by atoms with Gasteiger partial charge in [-0.1, -0.05) is 31.2 Å². The third-order valence-electron chi connectivity index (χ3n) is 4.51. The van der Waals surface area contributed by atoms with Crippen LogP contribution in [-0.2, 0) is 52.4 Å². The Labute approximate surface area is 203 Å². The number of benzene rings is 2. The first-order valence-corrected chi connectivity index (χ1v) is 12.1. The molecule has 0 bridgehead atoms. The zero-order chi connectivity index (χ0) is 25.7. The minimum atomic E-state index is -4.50. The van der Waals surface area contributed by atoms with Crippen LogP contribution in [-0.4, -0.2) is 51.8 Å². The maximum absolute atomic E-state index is 12.3. The molecular weight excluding hydrogens is 484 g/mol. The van der Waals surface area contributed by atoms with E-state index in [1.54, 1.807) is 24.3 Å². The van der Waals surface area contributed by atoms with Gasteiger partial charge in [0.15, 0.2) is 0 Å². The molecule has 0 aromatic heterocycles. The highest BCUT2D eigenvalue weighted by molar-refractivity contribution is 7.85. The Morgan fingerprint density at radius 2 is 1.49 bits per heavy atom. The van der Waals surface area contributed by atoms with E-state index in [0.29, 0.717) is 29.5 Å². The van der Waals surface area contributed by atoms with Crippen LogP contribution in [0.1, 0.15) is 51.6 Å². The largest absolute Gasteiger partial charge is 0.462 e. The molecule has 0 heterocycles. The van der Waals surface area contributed by atoms with Crippen molar-refractivity contribution in [1.29, 1.82) is 0 Å². The van der Waals surface area contributed by atoms with Gasteiger partial charge in [0, 0.05) is 6.42 Å². The Bertz CT molecular complexity index is 1080. The summed E-state index contributed by atoms with van der Waals surface area (Å²) in [7, 11) is -3.13. The molecule has 0 amide bonds. The minimum absolute atomic E-state index is 0.0674. The molecule has 1 N–H and O–H groups in total. The summed E-state index contributed by atoms with van der Waals surface area (Å²) in [6.07, 6.45) is 0.908. The molecule has 2 rings (SSSR count). The fraction of sp³-hybridized carbons (Fsp3) is 0.391. The minimum Gasteiger partial charge on any atom is -0.462 e. The Morgan fingerprint density at radius 1 is 0.829 bits per heavy atom. The van der Waals surface area contributed by atoms with E-state index in [1.807, 2.05) is 6.92 Å². The number of ether oxygens (including phenoxy) is 2. The lowest BCUT2D eigenvalue weighted by Crippen LogP contribution is -2.13. The van der Waals surface area contributed by atoms with E-state index in [1.165, 1.54) is 13.2 Å². The van der Waals surface area contributed by atoms with Gasteiger partial charge in [-0.2, -0.15) is 8.42 Å². The smallest absolute Gasteiger partial charge is 0.338 e. The van der Waals surface area contributed by atoms with Crippen molar-refractivity contribution in [2.75, 3.05) is 26.9 Å². The lowest BCUT2D eigenvalue weighted by atomic mass is 10.1. The van der Waals surface area contributed by atoms with Gasteiger partial charge in [-0.3, -0.25) is 4.55 Å². The molecule has 0 aliphatic carbocycles. The zero-order valence-electron chi connectivity index (χ0n) is 19.4. The highest BCUT2D eigenvalue weighted by Crippen LogP contribution is 2.19. The van der Waals surface area contributed by atoms with Crippen LogP contribution in [0.3, 0.4) is 0 Å². The highest BCUT2D eigenvalue weighted by Gasteiger charge is 2.19. The molecule has 12 heteroatoms. The molecule has 0 spiro atoms. The van der Waals surface area contributed by atoms with Gasteiger partial charge in [0.2, 0.25) is 0 Å². The second-order valence-corrected chi connectivity index (χ2v) is 8.51. The molecule has 2 aromatic carbocycles. The van der Waals surface area contributed by atoms with Crippen LogP contribution in [0.15, 0.2) is 47.4 Å². The van der Waals surface area contributed by atoms with Crippen LogP contribution in [0.2, 0.25) is 0 Å². The van der Waals surface area contributed by atoms with E-state index in [-0.39, 0.29) is 38.6 Å². The summed E-state index contributed by atoms with van der Waals surface area (Å²) < 4.78 is 42.3. The van der Waals surface area contributed by atoms with Gasteiger partial charge in [-0.25, -0.2) is 29.1 Å². The Kier molecular flexibility index (Phi) is 11.8. The third kappa shape index (κ3) is 9.36. The summed E-state index contributed by atoms with van der Waals surface area (Å²) in [5.74, 6) is -1.27. The standard InChI is InChI=1S/C23H28O11S/c1-3-11-30-23(25)21-14-19(35(26,27)28)10-9-18(21)16-34-32-13-6-12-31-22(24)20-8-5-4-7-17(20)15-33-29-2/h4-5,7-10,14H,3,6,11-13,15-16H2,1-2H3,(H,26,27,28). The zero-order valence-corrected chi connectivity index (χ0v) is 20.2. The van der Waals surface area contributed by atoms with Gasteiger partial charge in [-0.15, -0.1) is 0 Å². The lowest BCUT2D eigenvalue weighted by Gasteiger charge is -2.11. The van der Waals surface area contributed by atoms with Gasteiger partial charge in [0.05, 0.1) is 43.0 Å². The first-order valence-electron chi connectivity index (χ1n) is 10.7. The first kappa shape index (κ1) is 28.4. The van der Waals surface area contributed by atoms with Crippen molar-refractivity contribution in [2.45, 2.75) is 37.9 Å². The Balaban J connectivity index is 1.82. The van der Waals surface area contributed by atoms with Crippen LogP contribution in [0, 0.1) is 0 Å². The van der Waals surface area contributed by atoms with Gasteiger partial charge in [0.1, 0.15) is 13.2 Å². The van der Waals surface area contributed by atoms with E-state index >= 15 is 0 Å². The van der Waals surface area contributed by atoms with Crippen molar-refractivity contribution in [3.8, 4) is 0 Å². The maximum atomic E-state index is 12.3. The monoisotopic (exact) mass is 512 g/mol. The molecule has 0 fully saturated rings. The Hall–Kier alpha value is -2.87. The topological polar surface area (TPSA) is 144 Å². The summed E-state index contributed by atoms with van der Waals surface area (Å²) in [6.45, 7) is 2.02. The van der Waals surface area contributed by atoms with Crippen molar-refractivity contribution in [1.82, 2.24) is 0 Å².